The second-order valence-electron chi connectivity index (χ2n) is 12.4. The number of hydrogen-bond donors (Lipinski definition) is 5. The Morgan fingerprint density at radius 1 is 1.21 bits per heavy atom. The Bertz CT molecular complexity index is 1340. The molecule has 3 heterocycles. The lowest BCUT2D eigenvalue weighted by Crippen LogP contribution is -2.63. The van der Waals surface area contributed by atoms with Gasteiger partial charge in [0.05, 0.1) is 57.2 Å². The first-order valence-electron chi connectivity index (χ1n) is 14.1. The highest BCUT2D eigenvalue weighted by Gasteiger charge is 2.60. The molecular weight excluding hydrogens is 580 g/mol. The van der Waals surface area contributed by atoms with Gasteiger partial charge in [0.1, 0.15) is 12.2 Å². The molecule has 43 heavy (non-hydrogen) atoms. The number of amides is 2. The van der Waals surface area contributed by atoms with Gasteiger partial charge >= 0.3 is 17.9 Å². The molecule has 3 aliphatic heterocycles. The Hall–Kier alpha value is -3.46. The van der Waals surface area contributed by atoms with Crippen LogP contribution in [-0.4, -0.2) is 118 Å². The molecule has 3 aliphatic rings. The molecular formula is C29H39N4O9S+. The molecule has 1 unspecified atom stereocenters. The average molecular weight is 620 g/mol. The topological polar surface area (TPSA) is 183 Å². The summed E-state index contributed by atoms with van der Waals surface area (Å²) in [4.78, 5) is 63.7. The summed E-state index contributed by atoms with van der Waals surface area (Å²) in [7, 11) is 5.60. The van der Waals surface area contributed by atoms with Gasteiger partial charge in [-0.3, -0.25) is 14.4 Å². The molecule has 0 saturated carbocycles. The Morgan fingerprint density at radius 3 is 2.51 bits per heavy atom. The van der Waals surface area contributed by atoms with Crippen LogP contribution < -0.4 is 10.6 Å². The molecule has 1 aromatic rings. The van der Waals surface area contributed by atoms with E-state index in [9.17, 15) is 39.3 Å². The van der Waals surface area contributed by atoms with Gasteiger partial charge in [0.15, 0.2) is 6.10 Å². The van der Waals surface area contributed by atoms with Crippen molar-refractivity contribution in [2.45, 2.75) is 56.2 Å². The van der Waals surface area contributed by atoms with Crippen LogP contribution in [0.15, 0.2) is 34.9 Å². The van der Waals surface area contributed by atoms with E-state index < -0.39 is 54.0 Å². The molecule has 2 amide bonds. The van der Waals surface area contributed by atoms with Gasteiger partial charge in [0.25, 0.3) is 0 Å². The number of carbonyl (C=O) groups is 5. The van der Waals surface area contributed by atoms with Crippen molar-refractivity contribution in [2.24, 2.45) is 11.8 Å². The van der Waals surface area contributed by atoms with Crippen LogP contribution in [0.3, 0.4) is 0 Å². The number of rotatable bonds is 12. The second-order valence-corrected chi connectivity index (χ2v) is 13.7. The molecule has 2 saturated heterocycles. The lowest BCUT2D eigenvalue weighted by molar-refractivity contribution is -0.873. The van der Waals surface area contributed by atoms with Crippen LogP contribution in [0.5, 0.6) is 0 Å². The fraction of sp³-hybridized carbons (Fsp3) is 0.552. The van der Waals surface area contributed by atoms with Crippen molar-refractivity contribution in [3.05, 3.63) is 40.4 Å². The number of aliphatic hydroxyl groups excluding tert-OH is 1. The summed E-state index contributed by atoms with van der Waals surface area (Å²) in [6.45, 7) is 4.13. The van der Waals surface area contributed by atoms with Crippen molar-refractivity contribution in [2.75, 3.05) is 39.5 Å². The summed E-state index contributed by atoms with van der Waals surface area (Å²) in [6, 6.07) is 5.23. The number of aliphatic hydroxyl groups is 1. The van der Waals surface area contributed by atoms with E-state index in [2.05, 4.69) is 10.6 Å². The maximum Gasteiger partial charge on any atom is 0.353 e. The molecule has 0 aliphatic carbocycles. The molecule has 4 rings (SSSR count). The summed E-state index contributed by atoms with van der Waals surface area (Å²) in [5.74, 6) is -4.59. The van der Waals surface area contributed by atoms with Gasteiger partial charge in [-0.25, -0.2) is 9.59 Å². The van der Waals surface area contributed by atoms with E-state index >= 15 is 0 Å². The first-order valence-corrected chi connectivity index (χ1v) is 15.0. The number of likely N-dealkylation sites (N-methyl/N-ethyl adjacent to an activating group) is 1. The Balaban J connectivity index is 1.37. The van der Waals surface area contributed by atoms with E-state index in [1.807, 2.05) is 28.1 Å². The van der Waals surface area contributed by atoms with Crippen LogP contribution >= 0.6 is 11.8 Å². The summed E-state index contributed by atoms with van der Waals surface area (Å²) in [5, 5.41) is 35.0. The Kier molecular flexibility index (Phi) is 9.54. The fourth-order valence-electron chi connectivity index (χ4n) is 5.97. The standard InChI is InChI=1S/C29H38N4O9S/c1-14-23-22(15(2)34)27(38)32(23)24(28(39)40)25(14)43-19-11-20(30-12-19)26(37)31-17-8-6-7-16(9-17)29(41)42-18(10-21(35)36)13-33(3,4)5/h6-9,14-15,18-20,22-23,30,34H,10-13H2,1-5H3,(H2-,31,35,36,37,39,40)/p+1/t14-,15-,18?,19+,20+,22-,23-/m1/s1. The highest BCUT2D eigenvalue weighted by Crippen LogP contribution is 2.51. The normalized spacial score (nSPS) is 26.4. The number of carboxylic acid groups (broad SMARTS) is 2. The number of aliphatic carboxylic acids is 2. The van der Waals surface area contributed by atoms with E-state index in [0.717, 1.165) is 0 Å². The molecule has 1 aromatic carbocycles. The molecule has 0 spiro atoms. The zero-order valence-corrected chi connectivity index (χ0v) is 25.6. The zero-order valence-electron chi connectivity index (χ0n) is 24.8. The maximum absolute atomic E-state index is 13.1. The number of anilines is 1. The molecule has 0 radical (unpaired) electrons. The number of esters is 1. The number of nitrogens with one attached hydrogen (secondary N) is 2. The zero-order chi connectivity index (χ0) is 31.8. The quantitative estimate of drug-likeness (QED) is 0.128. The van der Waals surface area contributed by atoms with Crippen LogP contribution in [-0.2, 0) is 23.9 Å². The van der Waals surface area contributed by atoms with Gasteiger partial charge in [-0.1, -0.05) is 13.0 Å². The number of fused-ring (bicyclic) bond motifs is 1. The maximum atomic E-state index is 13.1. The van der Waals surface area contributed by atoms with Crippen LogP contribution in [0.25, 0.3) is 0 Å². The molecule has 13 nitrogen and oxygen atoms in total. The van der Waals surface area contributed by atoms with Crippen LogP contribution in [0.4, 0.5) is 5.69 Å². The van der Waals surface area contributed by atoms with Crippen molar-refractivity contribution < 1.29 is 48.5 Å². The largest absolute Gasteiger partial charge is 0.481 e. The number of ether oxygens (including phenoxy) is 1. The van der Waals surface area contributed by atoms with Gasteiger partial charge in [-0.15, -0.1) is 11.8 Å². The average Bonchev–Trinajstić information content (AvgIpc) is 3.44. The number of quaternary nitrogens is 1. The van der Waals surface area contributed by atoms with E-state index in [-0.39, 0.29) is 34.8 Å². The van der Waals surface area contributed by atoms with Crippen molar-refractivity contribution >= 4 is 47.2 Å². The monoisotopic (exact) mass is 619 g/mol. The van der Waals surface area contributed by atoms with Crippen molar-refractivity contribution in [1.82, 2.24) is 10.2 Å². The number of benzene rings is 1. The van der Waals surface area contributed by atoms with Crippen molar-refractivity contribution in [1.29, 1.82) is 0 Å². The lowest BCUT2D eigenvalue weighted by atomic mass is 9.79. The Labute approximate surface area is 253 Å². The van der Waals surface area contributed by atoms with E-state index in [0.29, 0.717) is 34.6 Å². The number of carbonyl (C=O) groups excluding carboxylic acids is 3. The van der Waals surface area contributed by atoms with Gasteiger partial charge in [0.2, 0.25) is 11.8 Å². The molecule has 7 atom stereocenters. The summed E-state index contributed by atoms with van der Waals surface area (Å²) >= 11 is 1.35. The summed E-state index contributed by atoms with van der Waals surface area (Å²) in [6.07, 6.45) is -1.64. The predicted molar refractivity (Wildman–Crippen MR) is 157 cm³/mol. The molecule has 5 N–H and O–H groups in total. The van der Waals surface area contributed by atoms with Gasteiger partial charge in [-0.2, -0.15) is 0 Å². The third-order valence-corrected chi connectivity index (χ3v) is 9.32. The van der Waals surface area contributed by atoms with Crippen molar-refractivity contribution in [3.8, 4) is 0 Å². The van der Waals surface area contributed by atoms with Gasteiger partial charge in [-0.05, 0) is 31.5 Å². The number of carboxylic acids is 2. The number of thioether (sulfide) groups is 1. The molecule has 14 heteroatoms. The fourth-order valence-corrected chi connectivity index (χ4v) is 7.45. The molecule has 0 aromatic heterocycles. The Morgan fingerprint density at radius 2 is 1.91 bits per heavy atom. The molecule has 2 fully saturated rings. The number of β-lactam (4-membered cyclic amide) rings is 1. The minimum Gasteiger partial charge on any atom is -0.481 e. The van der Waals surface area contributed by atoms with Crippen LogP contribution in [0.2, 0.25) is 0 Å². The first kappa shape index (κ1) is 32.5. The third kappa shape index (κ3) is 7.20. The smallest absolute Gasteiger partial charge is 0.353 e. The SMILES string of the molecule is C[C@@H](O)[C@H]1C(=O)N2C(C(=O)O)=C(S[C@@H]3CN[C@H](C(=O)Nc4cccc(C(=O)OC(CC(=O)O)C[N+](C)(C)C)c4)C3)[C@H](C)[C@H]12. The number of hydrogen-bond acceptors (Lipinski definition) is 9. The summed E-state index contributed by atoms with van der Waals surface area (Å²) < 4.78 is 5.90. The minimum atomic E-state index is -1.19. The molecule has 234 valence electrons. The van der Waals surface area contributed by atoms with Gasteiger partial charge < -0.3 is 40.1 Å². The number of nitrogens with zero attached hydrogens (tertiary/aromatic N) is 2. The minimum absolute atomic E-state index is 0.0481. The van der Waals surface area contributed by atoms with Crippen LogP contribution in [0, 0.1) is 11.8 Å². The first-order chi connectivity index (χ1) is 20.1. The van der Waals surface area contributed by atoms with E-state index in [1.54, 1.807) is 12.1 Å². The lowest BCUT2D eigenvalue weighted by Gasteiger charge is -2.46. The predicted octanol–water partition coefficient (Wildman–Crippen LogP) is 0.949. The van der Waals surface area contributed by atoms with Crippen molar-refractivity contribution in [3.63, 3.8) is 0 Å². The highest BCUT2D eigenvalue weighted by molar-refractivity contribution is 8.03. The van der Waals surface area contributed by atoms with E-state index in [1.165, 1.54) is 35.7 Å². The third-order valence-electron chi connectivity index (χ3n) is 7.80. The van der Waals surface area contributed by atoms with Crippen LogP contribution in [0.1, 0.15) is 37.0 Å². The second kappa shape index (κ2) is 12.6. The highest BCUT2D eigenvalue weighted by atomic mass is 32.2. The van der Waals surface area contributed by atoms with Gasteiger partial charge in [0, 0.05) is 28.3 Å². The van der Waals surface area contributed by atoms with E-state index in [4.69, 9.17) is 4.74 Å². The molecule has 0 bridgehead atoms. The summed E-state index contributed by atoms with van der Waals surface area (Å²) in [5.41, 5.74) is 0.486.